The second-order valence-electron chi connectivity index (χ2n) is 3.30. The Morgan fingerprint density at radius 1 is 1.29 bits per heavy atom. The highest BCUT2D eigenvalue weighted by Crippen LogP contribution is 2.05. The molecule has 0 radical (unpaired) electrons. The molecular formula is C11H14N2O4. The third kappa shape index (κ3) is 4.52. The summed E-state index contributed by atoms with van der Waals surface area (Å²) in [6.07, 6.45) is -0.465. The lowest BCUT2D eigenvalue weighted by atomic mass is 10.1. The smallest absolute Gasteiger partial charge is 0.419 e. The molecule has 92 valence electrons. The van der Waals surface area contributed by atoms with E-state index in [9.17, 15) is 9.59 Å². The molecule has 3 N–H and O–H groups in total. The van der Waals surface area contributed by atoms with E-state index >= 15 is 0 Å². The number of amides is 1. The molecule has 6 heteroatoms. The number of carbonyl (C=O) groups is 2. The van der Waals surface area contributed by atoms with Gasteiger partial charge in [-0.05, 0) is 24.1 Å². The van der Waals surface area contributed by atoms with Gasteiger partial charge in [0.2, 0.25) is 0 Å². The highest BCUT2D eigenvalue weighted by Gasteiger charge is 2.03. The Hall–Kier alpha value is -2.08. The maximum Gasteiger partial charge on any atom is 0.419 e. The lowest BCUT2D eigenvalue weighted by Gasteiger charge is -2.04. The number of esters is 1. The van der Waals surface area contributed by atoms with E-state index < -0.39 is 6.09 Å². The number of hydrazine groups is 1. The standard InChI is InChI=1S/C11H14N2O4/c1-17-10(14)9-4-2-8(3-5-9)6-7-12-13-11(15)16/h2-5,12-13H,6-7H2,1H3,(H,15,16). The third-order valence-corrected chi connectivity index (χ3v) is 2.11. The Bertz CT molecular complexity index is 389. The summed E-state index contributed by atoms with van der Waals surface area (Å²) in [5, 5.41) is 8.31. The number of ether oxygens (including phenoxy) is 1. The van der Waals surface area contributed by atoms with Gasteiger partial charge < -0.3 is 9.84 Å². The number of benzene rings is 1. The zero-order valence-corrected chi connectivity index (χ0v) is 9.40. The van der Waals surface area contributed by atoms with Crippen molar-refractivity contribution in [1.82, 2.24) is 10.9 Å². The van der Waals surface area contributed by atoms with Crippen molar-refractivity contribution < 1.29 is 19.4 Å². The fraction of sp³-hybridized carbons (Fsp3) is 0.273. The molecule has 0 atom stereocenters. The molecule has 0 heterocycles. The molecule has 1 aromatic carbocycles. The van der Waals surface area contributed by atoms with Crippen molar-refractivity contribution in [2.45, 2.75) is 6.42 Å². The minimum Gasteiger partial charge on any atom is -0.465 e. The maximum atomic E-state index is 11.2. The van der Waals surface area contributed by atoms with Crippen molar-refractivity contribution >= 4 is 12.1 Å². The predicted octanol–water partition coefficient (Wildman–Crippen LogP) is 0.788. The fourth-order valence-corrected chi connectivity index (χ4v) is 1.27. The third-order valence-electron chi connectivity index (χ3n) is 2.11. The van der Waals surface area contributed by atoms with E-state index in [2.05, 4.69) is 10.2 Å². The fourth-order valence-electron chi connectivity index (χ4n) is 1.27. The Labute approximate surface area is 98.6 Å². The van der Waals surface area contributed by atoms with E-state index in [-0.39, 0.29) is 5.97 Å². The van der Waals surface area contributed by atoms with Crippen LogP contribution in [-0.4, -0.2) is 30.8 Å². The second kappa shape index (κ2) is 6.49. The zero-order chi connectivity index (χ0) is 12.7. The maximum absolute atomic E-state index is 11.2. The molecule has 0 aromatic heterocycles. The van der Waals surface area contributed by atoms with Crippen LogP contribution in [0.1, 0.15) is 15.9 Å². The van der Waals surface area contributed by atoms with Crippen molar-refractivity contribution in [3.8, 4) is 0 Å². The normalized spacial score (nSPS) is 9.71. The van der Waals surface area contributed by atoms with Gasteiger partial charge in [-0.3, -0.25) is 5.43 Å². The summed E-state index contributed by atoms with van der Waals surface area (Å²) in [6.45, 7) is 0.476. The van der Waals surface area contributed by atoms with Crippen molar-refractivity contribution in [2.75, 3.05) is 13.7 Å². The summed E-state index contributed by atoms with van der Waals surface area (Å²) >= 11 is 0. The van der Waals surface area contributed by atoms with Gasteiger partial charge >= 0.3 is 12.1 Å². The van der Waals surface area contributed by atoms with Gasteiger partial charge in [0.15, 0.2) is 0 Å². The van der Waals surface area contributed by atoms with E-state index in [4.69, 9.17) is 5.11 Å². The minimum absolute atomic E-state index is 0.373. The van der Waals surface area contributed by atoms with Gasteiger partial charge in [-0.25, -0.2) is 15.0 Å². The van der Waals surface area contributed by atoms with E-state index in [0.717, 1.165) is 5.56 Å². The Kier molecular flexibility index (Phi) is 4.96. The first-order valence-corrected chi connectivity index (χ1v) is 5.02. The zero-order valence-electron chi connectivity index (χ0n) is 9.40. The van der Waals surface area contributed by atoms with Crippen LogP contribution in [0.15, 0.2) is 24.3 Å². The van der Waals surface area contributed by atoms with E-state index in [1.165, 1.54) is 7.11 Å². The molecule has 0 saturated carbocycles. The molecule has 0 saturated heterocycles. The van der Waals surface area contributed by atoms with Crippen molar-refractivity contribution in [3.05, 3.63) is 35.4 Å². The van der Waals surface area contributed by atoms with Crippen LogP contribution in [-0.2, 0) is 11.2 Å². The SMILES string of the molecule is COC(=O)c1ccc(CCNNC(=O)O)cc1. The van der Waals surface area contributed by atoms with Crippen LogP contribution >= 0.6 is 0 Å². The summed E-state index contributed by atoms with van der Waals surface area (Å²) in [4.78, 5) is 21.3. The van der Waals surface area contributed by atoms with Gasteiger partial charge in [0, 0.05) is 6.54 Å². The molecule has 17 heavy (non-hydrogen) atoms. The molecule has 0 unspecified atom stereocenters. The molecule has 1 amide bonds. The van der Waals surface area contributed by atoms with Crippen molar-refractivity contribution in [3.63, 3.8) is 0 Å². The Morgan fingerprint density at radius 2 is 1.94 bits per heavy atom. The number of methoxy groups -OCH3 is 1. The monoisotopic (exact) mass is 238 g/mol. The summed E-state index contributed by atoms with van der Waals surface area (Å²) in [6, 6.07) is 6.95. The molecule has 0 aliphatic heterocycles. The lowest BCUT2D eigenvalue weighted by molar-refractivity contribution is 0.0600. The number of carbonyl (C=O) groups excluding carboxylic acids is 1. The predicted molar refractivity (Wildman–Crippen MR) is 60.6 cm³/mol. The lowest BCUT2D eigenvalue weighted by Crippen LogP contribution is -2.37. The molecule has 0 spiro atoms. The van der Waals surface area contributed by atoms with Crippen LogP contribution in [0.4, 0.5) is 4.79 Å². The first-order valence-electron chi connectivity index (χ1n) is 5.02. The highest BCUT2D eigenvalue weighted by molar-refractivity contribution is 5.89. The van der Waals surface area contributed by atoms with Crippen molar-refractivity contribution in [2.24, 2.45) is 0 Å². The van der Waals surface area contributed by atoms with Crippen LogP contribution in [0.5, 0.6) is 0 Å². The molecule has 0 bridgehead atoms. The Morgan fingerprint density at radius 3 is 2.47 bits per heavy atom. The number of rotatable bonds is 5. The van der Waals surface area contributed by atoms with Crippen LogP contribution in [0.3, 0.4) is 0 Å². The number of carboxylic acid groups (broad SMARTS) is 1. The number of hydrogen-bond acceptors (Lipinski definition) is 4. The Balaban J connectivity index is 2.40. The average molecular weight is 238 g/mol. The summed E-state index contributed by atoms with van der Waals surface area (Å²) < 4.78 is 4.57. The van der Waals surface area contributed by atoms with E-state index in [1.54, 1.807) is 24.3 Å². The summed E-state index contributed by atoms with van der Waals surface area (Å²) in [5.74, 6) is -0.373. The summed E-state index contributed by atoms with van der Waals surface area (Å²) in [5.41, 5.74) is 6.08. The van der Waals surface area contributed by atoms with Gasteiger partial charge in [0.1, 0.15) is 0 Å². The first-order chi connectivity index (χ1) is 8.13. The molecule has 0 aliphatic carbocycles. The number of hydrogen-bond donors (Lipinski definition) is 3. The molecule has 1 aromatic rings. The second-order valence-corrected chi connectivity index (χ2v) is 3.30. The van der Waals surface area contributed by atoms with E-state index in [1.807, 2.05) is 5.43 Å². The highest BCUT2D eigenvalue weighted by atomic mass is 16.5. The quantitative estimate of drug-likeness (QED) is 0.401. The molecule has 0 fully saturated rings. The first kappa shape index (κ1) is 13.0. The molecule has 6 nitrogen and oxygen atoms in total. The van der Waals surface area contributed by atoms with Gasteiger partial charge in [-0.1, -0.05) is 12.1 Å². The number of nitrogens with one attached hydrogen (secondary N) is 2. The van der Waals surface area contributed by atoms with Crippen LogP contribution in [0, 0.1) is 0 Å². The minimum atomic E-state index is -1.12. The van der Waals surface area contributed by atoms with Gasteiger partial charge in [-0.15, -0.1) is 0 Å². The van der Waals surface area contributed by atoms with Crippen molar-refractivity contribution in [1.29, 1.82) is 0 Å². The van der Waals surface area contributed by atoms with E-state index in [0.29, 0.717) is 18.5 Å². The van der Waals surface area contributed by atoms with Crippen LogP contribution in [0.2, 0.25) is 0 Å². The largest absolute Gasteiger partial charge is 0.465 e. The molecule has 1 rings (SSSR count). The van der Waals surface area contributed by atoms with Gasteiger partial charge in [-0.2, -0.15) is 0 Å². The molecule has 0 aliphatic rings. The topological polar surface area (TPSA) is 87.7 Å². The van der Waals surface area contributed by atoms with Gasteiger partial charge in [0.05, 0.1) is 12.7 Å². The van der Waals surface area contributed by atoms with Crippen LogP contribution in [0.25, 0.3) is 0 Å². The van der Waals surface area contributed by atoms with Crippen LogP contribution < -0.4 is 10.9 Å². The molecular weight excluding hydrogens is 224 g/mol. The van der Waals surface area contributed by atoms with Gasteiger partial charge in [0.25, 0.3) is 0 Å². The summed E-state index contributed by atoms with van der Waals surface area (Å²) in [7, 11) is 1.33. The average Bonchev–Trinajstić information content (AvgIpc) is 2.34.